The Morgan fingerprint density at radius 3 is 2.65 bits per heavy atom. The monoisotopic (exact) mass is 374 g/mol. The van der Waals surface area contributed by atoms with E-state index in [0.717, 1.165) is 6.42 Å². The van der Waals surface area contributed by atoms with Gasteiger partial charge in [0, 0.05) is 6.54 Å². The molecule has 1 aliphatic rings. The Balaban J connectivity index is 1.73. The van der Waals surface area contributed by atoms with E-state index in [1.165, 1.54) is 48.1 Å². The average Bonchev–Trinajstić information content (AvgIpc) is 2.68. The van der Waals surface area contributed by atoms with Gasteiger partial charge in [0.2, 0.25) is 21.8 Å². The molecule has 136 valence electrons. The minimum atomic E-state index is -3.64. The van der Waals surface area contributed by atoms with Crippen molar-refractivity contribution in [2.75, 3.05) is 20.2 Å². The highest BCUT2D eigenvalue weighted by Gasteiger charge is 2.31. The SMILES string of the molecule is COc1cncc(O[C@H]2CCCN(S(=O)(=O)c3ccc(C#N)cc3)C2)n1. The van der Waals surface area contributed by atoms with Gasteiger partial charge in [-0.05, 0) is 37.1 Å². The summed E-state index contributed by atoms with van der Waals surface area (Å²) < 4.78 is 37.9. The molecule has 0 bridgehead atoms. The zero-order valence-electron chi connectivity index (χ0n) is 14.2. The molecule has 0 radical (unpaired) electrons. The van der Waals surface area contributed by atoms with Crippen LogP contribution in [0.3, 0.4) is 0 Å². The van der Waals surface area contributed by atoms with Crippen LogP contribution in [0.25, 0.3) is 0 Å². The van der Waals surface area contributed by atoms with Crippen LogP contribution in [0.1, 0.15) is 18.4 Å². The van der Waals surface area contributed by atoms with Crippen LogP contribution in [0.15, 0.2) is 41.6 Å². The lowest BCUT2D eigenvalue weighted by molar-refractivity contribution is 0.123. The van der Waals surface area contributed by atoms with Gasteiger partial charge in [-0.3, -0.25) is 4.98 Å². The summed E-state index contributed by atoms with van der Waals surface area (Å²) in [6.07, 6.45) is 4.01. The predicted molar refractivity (Wildman–Crippen MR) is 92.1 cm³/mol. The Kier molecular flexibility index (Phi) is 5.35. The average molecular weight is 374 g/mol. The van der Waals surface area contributed by atoms with E-state index in [4.69, 9.17) is 14.7 Å². The van der Waals surface area contributed by atoms with Gasteiger partial charge in [-0.25, -0.2) is 8.42 Å². The van der Waals surface area contributed by atoms with Crippen molar-refractivity contribution in [2.24, 2.45) is 0 Å². The number of hydrogen-bond donors (Lipinski definition) is 0. The molecule has 0 aliphatic carbocycles. The second-order valence-electron chi connectivity index (χ2n) is 5.78. The highest BCUT2D eigenvalue weighted by molar-refractivity contribution is 7.89. The first-order chi connectivity index (χ1) is 12.5. The van der Waals surface area contributed by atoms with Crippen molar-refractivity contribution >= 4 is 10.0 Å². The van der Waals surface area contributed by atoms with E-state index >= 15 is 0 Å². The summed E-state index contributed by atoms with van der Waals surface area (Å²) >= 11 is 0. The molecule has 1 fully saturated rings. The Bertz CT molecular complexity index is 909. The van der Waals surface area contributed by atoms with Crippen molar-refractivity contribution in [3.05, 3.63) is 42.2 Å². The van der Waals surface area contributed by atoms with Gasteiger partial charge in [0.25, 0.3) is 0 Å². The summed E-state index contributed by atoms with van der Waals surface area (Å²) in [5, 5.41) is 8.85. The van der Waals surface area contributed by atoms with Crippen molar-refractivity contribution in [2.45, 2.75) is 23.8 Å². The number of aromatic nitrogens is 2. The Labute approximate surface area is 152 Å². The van der Waals surface area contributed by atoms with E-state index < -0.39 is 10.0 Å². The number of methoxy groups -OCH3 is 1. The second kappa shape index (κ2) is 7.68. The van der Waals surface area contributed by atoms with Crippen molar-refractivity contribution in [3.63, 3.8) is 0 Å². The van der Waals surface area contributed by atoms with Crippen molar-refractivity contribution in [3.8, 4) is 17.8 Å². The highest BCUT2D eigenvalue weighted by atomic mass is 32.2. The lowest BCUT2D eigenvalue weighted by Gasteiger charge is -2.31. The van der Waals surface area contributed by atoms with Crippen LogP contribution < -0.4 is 9.47 Å². The van der Waals surface area contributed by atoms with Crippen molar-refractivity contribution < 1.29 is 17.9 Å². The van der Waals surface area contributed by atoms with Gasteiger partial charge in [0.05, 0.1) is 42.6 Å². The molecule has 1 atom stereocenters. The fourth-order valence-electron chi connectivity index (χ4n) is 2.73. The summed E-state index contributed by atoms with van der Waals surface area (Å²) in [4.78, 5) is 8.29. The molecule has 0 amide bonds. The maximum Gasteiger partial charge on any atom is 0.243 e. The molecule has 0 spiro atoms. The van der Waals surface area contributed by atoms with Crippen LogP contribution >= 0.6 is 0 Å². The summed E-state index contributed by atoms with van der Waals surface area (Å²) in [6, 6.07) is 7.87. The summed E-state index contributed by atoms with van der Waals surface area (Å²) in [5.74, 6) is 0.632. The molecule has 8 nitrogen and oxygen atoms in total. The number of nitriles is 1. The Hall–Kier alpha value is -2.70. The maximum absolute atomic E-state index is 12.8. The number of sulfonamides is 1. The number of hydrogen-bond acceptors (Lipinski definition) is 7. The molecule has 2 aromatic rings. The number of rotatable bonds is 5. The molecule has 1 aromatic heterocycles. The molecule has 1 saturated heterocycles. The first-order valence-corrected chi connectivity index (χ1v) is 9.50. The molecular formula is C17H18N4O4S. The third-order valence-corrected chi connectivity index (χ3v) is 5.93. The van der Waals surface area contributed by atoms with E-state index in [1.54, 1.807) is 0 Å². The van der Waals surface area contributed by atoms with E-state index in [-0.39, 0.29) is 17.5 Å². The number of nitrogens with zero attached hydrogens (tertiary/aromatic N) is 4. The molecule has 9 heteroatoms. The summed E-state index contributed by atoms with van der Waals surface area (Å²) in [6.45, 7) is 0.646. The molecule has 0 saturated carbocycles. The van der Waals surface area contributed by atoms with Crippen molar-refractivity contribution in [1.29, 1.82) is 5.26 Å². The van der Waals surface area contributed by atoms with Gasteiger partial charge in [-0.15, -0.1) is 0 Å². The van der Waals surface area contributed by atoms with E-state index in [0.29, 0.717) is 30.3 Å². The van der Waals surface area contributed by atoms with Crippen LogP contribution in [0.5, 0.6) is 11.8 Å². The van der Waals surface area contributed by atoms with Gasteiger partial charge in [-0.2, -0.15) is 14.6 Å². The second-order valence-corrected chi connectivity index (χ2v) is 7.72. The van der Waals surface area contributed by atoms with Crippen LogP contribution in [0.4, 0.5) is 0 Å². The first kappa shape index (κ1) is 18.1. The largest absolute Gasteiger partial charge is 0.480 e. The normalized spacial score (nSPS) is 18.1. The lowest BCUT2D eigenvalue weighted by atomic mass is 10.1. The maximum atomic E-state index is 12.8. The highest BCUT2D eigenvalue weighted by Crippen LogP contribution is 2.23. The zero-order valence-corrected chi connectivity index (χ0v) is 15.0. The molecule has 3 rings (SSSR count). The Morgan fingerprint density at radius 2 is 1.96 bits per heavy atom. The molecule has 2 heterocycles. The minimum absolute atomic E-state index is 0.165. The van der Waals surface area contributed by atoms with Gasteiger partial charge < -0.3 is 9.47 Å². The van der Waals surface area contributed by atoms with Gasteiger partial charge >= 0.3 is 0 Å². The smallest absolute Gasteiger partial charge is 0.243 e. The van der Waals surface area contributed by atoms with E-state index in [2.05, 4.69) is 9.97 Å². The van der Waals surface area contributed by atoms with Crippen LogP contribution in [0.2, 0.25) is 0 Å². The zero-order chi connectivity index (χ0) is 18.6. The van der Waals surface area contributed by atoms with Gasteiger partial charge in [0.1, 0.15) is 6.10 Å². The predicted octanol–water partition coefficient (Wildman–Crippen LogP) is 1.59. The molecule has 0 N–H and O–H groups in total. The molecule has 26 heavy (non-hydrogen) atoms. The summed E-state index contributed by atoms with van der Waals surface area (Å²) in [7, 11) is -2.16. The quantitative estimate of drug-likeness (QED) is 0.782. The van der Waals surface area contributed by atoms with Gasteiger partial charge in [0.15, 0.2) is 0 Å². The number of ether oxygens (including phenoxy) is 2. The first-order valence-electron chi connectivity index (χ1n) is 8.06. The third kappa shape index (κ3) is 3.92. The lowest BCUT2D eigenvalue weighted by Crippen LogP contribution is -2.44. The fourth-order valence-corrected chi connectivity index (χ4v) is 4.24. The minimum Gasteiger partial charge on any atom is -0.480 e. The van der Waals surface area contributed by atoms with Crippen LogP contribution in [0, 0.1) is 11.3 Å². The van der Waals surface area contributed by atoms with Gasteiger partial charge in [-0.1, -0.05) is 0 Å². The van der Waals surface area contributed by atoms with Crippen LogP contribution in [-0.2, 0) is 10.0 Å². The standard InChI is InChI=1S/C17H18N4O4S/c1-24-16-10-19-11-17(20-16)25-14-3-2-8-21(12-14)26(22,23)15-6-4-13(9-18)5-7-15/h4-7,10-11,14H,2-3,8,12H2,1H3/t14-/m0/s1. The molecule has 1 aromatic carbocycles. The van der Waals surface area contributed by atoms with Crippen LogP contribution in [-0.4, -0.2) is 49.0 Å². The topological polar surface area (TPSA) is 105 Å². The number of piperidine rings is 1. The number of benzene rings is 1. The molecular weight excluding hydrogens is 356 g/mol. The van der Waals surface area contributed by atoms with E-state index in [1.807, 2.05) is 6.07 Å². The third-order valence-electron chi connectivity index (χ3n) is 4.05. The van der Waals surface area contributed by atoms with Crippen molar-refractivity contribution in [1.82, 2.24) is 14.3 Å². The fraction of sp³-hybridized carbons (Fsp3) is 0.353. The molecule has 0 unspecified atom stereocenters. The molecule has 1 aliphatic heterocycles. The van der Waals surface area contributed by atoms with E-state index in [9.17, 15) is 8.42 Å². The Morgan fingerprint density at radius 1 is 1.23 bits per heavy atom. The summed E-state index contributed by atoms with van der Waals surface area (Å²) in [5.41, 5.74) is 0.417.